The van der Waals surface area contributed by atoms with Gasteiger partial charge in [-0.25, -0.2) is 4.98 Å². The number of alkyl halides is 3. The number of halogens is 3. The molecule has 0 radical (unpaired) electrons. The second kappa shape index (κ2) is 5.33. The van der Waals surface area contributed by atoms with Gasteiger partial charge in [-0.2, -0.15) is 18.4 Å². The van der Waals surface area contributed by atoms with E-state index < -0.39 is 12.1 Å². The van der Waals surface area contributed by atoms with Gasteiger partial charge in [0, 0.05) is 11.1 Å². The van der Waals surface area contributed by atoms with E-state index in [1.165, 1.54) is 11.3 Å². The van der Waals surface area contributed by atoms with E-state index in [0.717, 1.165) is 11.3 Å². The number of hydrogen-bond acceptors (Lipinski definition) is 3. The molecule has 0 spiro atoms. The number of allylic oxidation sites excluding steroid dienone is 2. The van der Waals surface area contributed by atoms with E-state index in [9.17, 15) is 18.4 Å². The molecular weight excluding hydrogens is 273 g/mol. The van der Waals surface area contributed by atoms with E-state index in [1.54, 1.807) is 0 Å². The maximum atomic E-state index is 12.6. The highest BCUT2D eigenvalue weighted by Crippen LogP contribution is 2.41. The Morgan fingerprint density at radius 2 is 2.05 bits per heavy atom. The second-order valence-electron chi connectivity index (χ2n) is 4.70. The monoisotopic (exact) mass is 286 g/mol. The Morgan fingerprint density at radius 1 is 1.42 bits per heavy atom. The van der Waals surface area contributed by atoms with Gasteiger partial charge in [-0.15, -0.1) is 11.3 Å². The van der Waals surface area contributed by atoms with Crippen molar-refractivity contribution in [2.24, 2.45) is 5.92 Å². The zero-order chi connectivity index (χ0) is 14.0. The molecule has 0 atom stereocenters. The molecule has 1 aromatic heterocycles. The summed E-state index contributed by atoms with van der Waals surface area (Å²) in [5, 5.41) is 11.7. The van der Waals surface area contributed by atoms with Gasteiger partial charge in [-0.1, -0.05) is 0 Å². The topological polar surface area (TPSA) is 36.7 Å². The van der Waals surface area contributed by atoms with Crippen molar-refractivity contribution in [1.82, 2.24) is 4.98 Å². The van der Waals surface area contributed by atoms with Crippen LogP contribution in [-0.4, -0.2) is 11.2 Å². The summed E-state index contributed by atoms with van der Waals surface area (Å²) in [6.45, 7) is 1.83. The molecular formula is C13H13F3N2S. The van der Waals surface area contributed by atoms with Crippen molar-refractivity contribution < 1.29 is 13.2 Å². The highest BCUT2D eigenvalue weighted by molar-refractivity contribution is 7.10. The molecule has 0 bridgehead atoms. The number of aromatic nitrogens is 1. The molecule has 0 aromatic carbocycles. The molecule has 0 aliphatic heterocycles. The van der Waals surface area contributed by atoms with E-state index in [-0.39, 0.29) is 12.8 Å². The van der Waals surface area contributed by atoms with Gasteiger partial charge >= 0.3 is 6.18 Å². The second-order valence-corrected chi connectivity index (χ2v) is 5.56. The van der Waals surface area contributed by atoms with E-state index >= 15 is 0 Å². The molecule has 2 nitrogen and oxygen atoms in total. The smallest absolute Gasteiger partial charge is 0.241 e. The maximum absolute atomic E-state index is 12.6. The van der Waals surface area contributed by atoms with Crippen molar-refractivity contribution >= 4 is 16.9 Å². The zero-order valence-corrected chi connectivity index (χ0v) is 11.2. The van der Waals surface area contributed by atoms with Crippen LogP contribution in [0.15, 0.2) is 11.0 Å². The Morgan fingerprint density at radius 3 is 2.47 bits per heavy atom. The quantitative estimate of drug-likeness (QED) is 0.714. The lowest BCUT2D eigenvalue weighted by atomic mass is 9.83. The number of aryl methyl sites for hydroxylation is 1. The van der Waals surface area contributed by atoms with Crippen LogP contribution in [0.3, 0.4) is 0 Å². The fourth-order valence-corrected chi connectivity index (χ4v) is 3.13. The van der Waals surface area contributed by atoms with Crippen LogP contribution in [0.4, 0.5) is 13.2 Å². The van der Waals surface area contributed by atoms with Gasteiger partial charge in [-0.3, -0.25) is 0 Å². The lowest BCUT2D eigenvalue weighted by Crippen LogP contribution is -2.25. The van der Waals surface area contributed by atoms with Crippen molar-refractivity contribution in [3.05, 3.63) is 21.7 Å². The van der Waals surface area contributed by atoms with Crippen molar-refractivity contribution in [3.8, 4) is 6.07 Å². The zero-order valence-electron chi connectivity index (χ0n) is 10.4. The summed E-state index contributed by atoms with van der Waals surface area (Å²) in [4.78, 5) is 4.24. The molecule has 1 aliphatic rings. The first-order valence-corrected chi connectivity index (χ1v) is 6.91. The summed E-state index contributed by atoms with van der Waals surface area (Å²) in [5.74, 6) is -1.23. The summed E-state index contributed by atoms with van der Waals surface area (Å²) in [6.07, 6.45) is -3.28. The normalized spacial score (nSPS) is 20.2. The molecule has 1 fully saturated rings. The molecule has 6 heteroatoms. The highest BCUT2D eigenvalue weighted by Gasteiger charge is 2.40. The van der Waals surface area contributed by atoms with Crippen LogP contribution in [0.1, 0.15) is 36.4 Å². The Hall–Kier alpha value is -1.35. The van der Waals surface area contributed by atoms with Crippen molar-refractivity contribution in [1.29, 1.82) is 5.26 Å². The molecule has 2 rings (SSSR count). The first-order chi connectivity index (χ1) is 8.91. The van der Waals surface area contributed by atoms with E-state index in [1.807, 2.05) is 12.3 Å². The molecule has 19 heavy (non-hydrogen) atoms. The molecule has 1 aliphatic carbocycles. The summed E-state index contributed by atoms with van der Waals surface area (Å²) in [6, 6.07) is 2.10. The standard InChI is InChI=1S/C13H13F3N2S/c1-8-7-19-12(18-8)11(6-17)9-2-4-10(5-3-9)13(14,15)16/h7,10H,2-5H2,1H3. The summed E-state index contributed by atoms with van der Waals surface area (Å²) in [5.41, 5.74) is 2.12. The average Bonchev–Trinajstić information content (AvgIpc) is 2.76. The number of nitriles is 1. The van der Waals surface area contributed by atoms with Gasteiger partial charge in [0.25, 0.3) is 0 Å². The molecule has 0 unspecified atom stereocenters. The van der Waals surface area contributed by atoms with Gasteiger partial charge in [0.05, 0.1) is 11.5 Å². The first-order valence-electron chi connectivity index (χ1n) is 6.03. The van der Waals surface area contributed by atoms with Crippen molar-refractivity contribution in [3.63, 3.8) is 0 Å². The van der Waals surface area contributed by atoms with E-state index in [2.05, 4.69) is 11.1 Å². The third-order valence-corrected chi connectivity index (χ3v) is 4.33. The fraction of sp³-hybridized carbons (Fsp3) is 0.538. The SMILES string of the molecule is Cc1csc(C(C#N)=C2CCC(C(F)(F)F)CC2)n1. The molecule has 1 saturated carbocycles. The molecule has 0 amide bonds. The Labute approximate surface area is 113 Å². The molecule has 1 aromatic rings. The molecule has 0 saturated heterocycles. The minimum atomic E-state index is -4.11. The minimum Gasteiger partial charge on any atom is -0.241 e. The number of rotatable bonds is 1. The van der Waals surface area contributed by atoms with E-state index in [0.29, 0.717) is 23.4 Å². The number of nitrogens with zero attached hydrogens (tertiary/aromatic N) is 2. The van der Waals surface area contributed by atoms with Crippen molar-refractivity contribution in [2.45, 2.75) is 38.8 Å². The minimum absolute atomic E-state index is 0.0777. The van der Waals surface area contributed by atoms with Gasteiger partial charge in [0.2, 0.25) is 0 Å². The largest absolute Gasteiger partial charge is 0.391 e. The Balaban J connectivity index is 2.18. The third kappa shape index (κ3) is 3.16. The van der Waals surface area contributed by atoms with Crippen LogP contribution in [-0.2, 0) is 0 Å². The Kier molecular flexibility index (Phi) is 3.95. The van der Waals surface area contributed by atoms with Crippen molar-refractivity contribution in [2.75, 3.05) is 0 Å². The molecule has 0 N–H and O–H groups in total. The van der Waals surface area contributed by atoms with Gasteiger partial charge in [0.15, 0.2) is 0 Å². The van der Waals surface area contributed by atoms with E-state index in [4.69, 9.17) is 0 Å². The van der Waals surface area contributed by atoms with Crippen LogP contribution < -0.4 is 0 Å². The number of hydrogen-bond donors (Lipinski definition) is 0. The third-order valence-electron chi connectivity index (χ3n) is 3.35. The van der Waals surface area contributed by atoms with Crippen LogP contribution in [0, 0.1) is 24.2 Å². The molecule has 102 valence electrons. The van der Waals surface area contributed by atoms with Gasteiger partial charge in [-0.05, 0) is 38.2 Å². The van der Waals surface area contributed by atoms with Gasteiger partial charge < -0.3 is 0 Å². The summed E-state index contributed by atoms with van der Waals surface area (Å²) in [7, 11) is 0. The average molecular weight is 286 g/mol. The predicted molar refractivity (Wildman–Crippen MR) is 67.4 cm³/mol. The lowest BCUT2D eigenvalue weighted by Gasteiger charge is -2.26. The van der Waals surface area contributed by atoms with Crippen LogP contribution >= 0.6 is 11.3 Å². The first kappa shape index (κ1) is 14.1. The molecule has 1 heterocycles. The maximum Gasteiger partial charge on any atom is 0.391 e. The van der Waals surface area contributed by atoms with Crippen LogP contribution in [0.5, 0.6) is 0 Å². The van der Waals surface area contributed by atoms with Crippen LogP contribution in [0.25, 0.3) is 5.57 Å². The van der Waals surface area contributed by atoms with Gasteiger partial charge in [0.1, 0.15) is 11.1 Å². The summed E-state index contributed by atoms with van der Waals surface area (Å²) < 4.78 is 37.8. The summed E-state index contributed by atoms with van der Waals surface area (Å²) >= 11 is 1.37. The van der Waals surface area contributed by atoms with Crippen LogP contribution in [0.2, 0.25) is 0 Å². The predicted octanol–water partition coefficient (Wildman–Crippen LogP) is 4.48. The fourth-order valence-electron chi connectivity index (χ4n) is 2.29. The number of thiazole rings is 1. The lowest BCUT2D eigenvalue weighted by molar-refractivity contribution is -0.179. The highest BCUT2D eigenvalue weighted by atomic mass is 32.1. The Bertz CT molecular complexity index is 527.